The Bertz CT molecular complexity index is 1610. The van der Waals surface area contributed by atoms with Crippen molar-refractivity contribution in [2.75, 3.05) is 11.9 Å². The second kappa shape index (κ2) is 8.79. The van der Waals surface area contributed by atoms with Crippen LogP contribution in [-0.2, 0) is 16.1 Å². The van der Waals surface area contributed by atoms with Crippen LogP contribution in [0.15, 0.2) is 41.2 Å². The van der Waals surface area contributed by atoms with Gasteiger partial charge in [-0.3, -0.25) is 0 Å². The van der Waals surface area contributed by atoms with Gasteiger partial charge in [0.05, 0.1) is 0 Å². The van der Waals surface area contributed by atoms with Gasteiger partial charge in [0.25, 0.3) is 0 Å². The molecule has 3 heterocycles. The number of rotatable bonds is 5. The van der Waals surface area contributed by atoms with E-state index >= 15 is 0 Å². The predicted octanol–water partition coefficient (Wildman–Crippen LogP) is 3.63. The van der Waals surface area contributed by atoms with E-state index in [4.69, 9.17) is 4.74 Å². The molecule has 2 aromatic carbocycles. The molecule has 0 saturated carbocycles. The molecule has 10 heteroatoms. The third kappa shape index (κ3) is 4.15. The summed E-state index contributed by atoms with van der Waals surface area (Å²) in [7, 11) is 0. The summed E-state index contributed by atoms with van der Waals surface area (Å²) in [6, 6.07) is 8.16. The number of fused-ring (bicyclic) bond motifs is 2. The molecule has 1 aliphatic heterocycles. The first-order valence-electron chi connectivity index (χ1n) is 10.7. The molecule has 0 bridgehead atoms. The maximum atomic E-state index is 13.5. The van der Waals surface area contributed by atoms with E-state index in [0.29, 0.717) is 49.0 Å². The summed E-state index contributed by atoms with van der Waals surface area (Å²) >= 11 is -0.374. The number of aromatic amines is 1. The number of nitrogens with zero attached hydrogens (tertiary/aromatic N) is 1. The second-order valence-corrected chi connectivity index (χ2v) is 10.4. The normalized spacial score (nSPS) is 13.9. The van der Waals surface area contributed by atoms with E-state index in [0.717, 1.165) is 0 Å². The monoisotopic (exact) mass is 543 g/mol. The van der Waals surface area contributed by atoms with Gasteiger partial charge >= 0.3 is 182 Å². The number of anilines is 1. The van der Waals surface area contributed by atoms with E-state index in [1.165, 1.54) is 36.4 Å². The summed E-state index contributed by atoms with van der Waals surface area (Å²) in [5.74, 6) is -1.75. The summed E-state index contributed by atoms with van der Waals surface area (Å²) in [6.07, 6.45) is 1.62. The van der Waals surface area contributed by atoms with Crippen molar-refractivity contribution in [1.82, 2.24) is 8.55 Å². The summed E-state index contributed by atoms with van der Waals surface area (Å²) in [4.78, 5) is 40.8. The number of nitrogens with one attached hydrogen (secondary N) is 2. The number of benzene rings is 2. The minimum atomic E-state index is -0.554. The van der Waals surface area contributed by atoms with Crippen molar-refractivity contribution in [3.8, 4) is 0 Å². The Hall–Kier alpha value is -3.75. The maximum absolute atomic E-state index is 13.5. The van der Waals surface area contributed by atoms with Gasteiger partial charge in [0.15, 0.2) is 0 Å². The average molecular weight is 542 g/mol. The third-order valence-electron chi connectivity index (χ3n) is 5.87. The molecule has 1 amide bonds. The van der Waals surface area contributed by atoms with Crippen LogP contribution in [0.2, 0.25) is 0 Å². The third-order valence-corrected chi connectivity index (χ3v) is 8.18. The average Bonchev–Trinajstić information content (AvgIpc) is 3.38. The van der Waals surface area contributed by atoms with Gasteiger partial charge in [0.1, 0.15) is 5.82 Å². The number of aromatic nitrogens is 2. The fourth-order valence-electron chi connectivity index (χ4n) is 4.16. The van der Waals surface area contributed by atoms with Gasteiger partial charge in [-0.1, -0.05) is 0 Å². The number of hydrogen-bond donors (Lipinski definition) is 2. The van der Waals surface area contributed by atoms with Gasteiger partial charge in [-0.25, -0.2) is 4.39 Å². The first-order valence-corrected chi connectivity index (χ1v) is 12.3. The van der Waals surface area contributed by atoms with Crippen molar-refractivity contribution in [3.05, 3.63) is 86.5 Å². The molecule has 178 valence electrons. The van der Waals surface area contributed by atoms with Crippen LogP contribution in [0.3, 0.4) is 0 Å². The quantitative estimate of drug-likeness (QED) is 0.229. The second-order valence-electron chi connectivity index (χ2n) is 8.14. The molecule has 0 aliphatic carbocycles. The number of halogens is 2. The molecule has 0 spiro atoms. The van der Waals surface area contributed by atoms with Gasteiger partial charge in [0.2, 0.25) is 0 Å². The summed E-state index contributed by atoms with van der Waals surface area (Å²) in [5.41, 5.74) is 3.21. The van der Waals surface area contributed by atoms with Crippen molar-refractivity contribution < 1.29 is 23.1 Å². The predicted molar refractivity (Wildman–Crippen MR) is 129 cm³/mol. The first kappa shape index (κ1) is 23.0. The van der Waals surface area contributed by atoms with Crippen molar-refractivity contribution in [3.63, 3.8) is 0 Å². The summed E-state index contributed by atoms with van der Waals surface area (Å²) in [5, 5.41) is 3.12. The molecule has 2 aromatic heterocycles. The van der Waals surface area contributed by atoms with Crippen LogP contribution in [0.25, 0.3) is 21.3 Å². The first-order chi connectivity index (χ1) is 16.7. The molecule has 35 heavy (non-hydrogen) atoms. The molecule has 0 fully saturated rings. The topological polar surface area (TPSA) is 93.2 Å². The van der Waals surface area contributed by atoms with Crippen LogP contribution in [0.1, 0.15) is 32.9 Å². The molecule has 0 unspecified atom stereocenters. The van der Waals surface area contributed by atoms with Crippen LogP contribution in [0.5, 0.6) is 0 Å². The van der Waals surface area contributed by atoms with Crippen LogP contribution in [-0.4, -0.2) is 41.8 Å². The van der Waals surface area contributed by atoms with E-state index < -0.39 is 11.8 Å². The van der Waals surface area contributed by atoms with Crippen molar-refractivity contribution in [2.45, 2.75) is 20.4 Å². The fourth-order valence-corrected chi connectivity index (χ4v) is 6.27. The molecule has 1 aliphatic rings. The molecule has 0 saturated heterocycles. The van der Waals surface area contributed by atoms with Crippen molar-refractivity contribution in [2.24, 2.45) is 0 Å². The Morgan fingerprint density at radius 1 is 1.11 bits per heavy atom. The van der Waals surface area contributed by atoms with Gasteiger partial charge in [0, 0.05) is 0 Å². The molecule has 7 nitrogen and oxygen atoms in total. The number of carbonyl (C=O) groups is 2. The molecule has 0 radical (unpaired) electrons. The van der Waals surface area contributed by atoms with Crippen LogP contribution in [0, 0.1) is 25.5 Å². The Kier molecular flexibility index (Phi) is 5.78. The minimum absolute atomic E-state index is 0.00930. The standard InChI is InChI=1S/C25H19F2N3O4Se/c1-12-19(11-18-16-5-3-14(26)9-20(16)29-23(18)31)28-13(2)22(12)25(33)34-8-7-30-24(32)17-6-4-15(27)10-21(17)35-30/h3-6,9-11,28H,7-8H2,1-2H3,(H,29,31)/b18-11-. The Morgan fingerprint density at radius 3 is 2.66 bits per heavy atom. The zero-order valence-electron chi connectivity index (χ0n) is 18.7. The molecule has 0 atom stereocenters. The van der Waals surface area contributed by atoms with Crippen LogP contribution >= 0.6 is 0 Å². The molecule has 5 rings (SSSR count). The van der Waals surface area contributed by atoms with Gasteiger partial charge in [-0.05, 0) is 12.1 Å². The van der Waals surface area contributed by atoms with E-state index in [-0.39, 0.29) is 45.2 Å². The molecule has 2 N–H and O–H groups in total. The number of hydrogen-bond acceptors (Lipinski definition) is 4. The van der Waals surface area contributed by atoms with Gasteiger partial charge < -0.3 is 0 Å². The number of H-pyrrole nitrogens is 1. The number of amides is 1. The number of carbonyl (C=O) groups excluding carboxylic acids is 2. The Balaban J connectivity index is 1.34. The van der Waals surface area contributed by atoms with E-state index in [2.05, 4.69) is 10.3 Å². The van der Waals surface area contributed by atoms with Crippen molar-refractivity contribution >= 4 is 53.6 Å². The number of aryl methyl sites for hydroxylation is 1. The van der Waals surface area contributed by atoms with Gasteiger partial charge in [-0.15, -0.1) is 0 Å². The Morgan fingerprint density at radius 2 is 1.86 bits per heavy atom. The number of ether oxygens (including phenoxy) is 1. The van der Waals surface area contributed by atoms with E-state index in [9.17, 15) is 23.2 Å². The molecule has 4 aromatic rings. The zero-order valence-corrected chi connectivity index (χ0v) is 20.4. The Labute approximate surface area is 204 Å². The van der Waals surface area contributed by atoms with Gasteiger partial charge in [-0.2, -0.15) is 0 Å². The van der Waals surface area contributed by atoms with E-state index in [1.54, 1.807) is 23.5 Å². The molecular weight excluding hydrogens is 523 g/mol. The summed E-state index contributed by atoms with van der Waals surface area (Å²) < 4.78 is 34.6. The fraction of sp³-hybridized carbons (Fsp3) is 0.160. The van der Waals surface area contributed by atoms with Crippen LogP contribution < -0.4 is 10.9 Å². The van der Waals surface area contributed by atoms with E-state index in [1.807, 2.05) is 0 Å². The number of esters is 1. The zero-order chi connectivity index (χ0) is 24.9. The SMILES string of the molecule is Cc1[nH]c(/C=C2\C(=O)Nc3cc(F)ccc32)c(C)c1C(=O)OCCn1[se]c2cc(F)ccc2c1=O. The van der Waals surface area contributed by atoms with Crippen molar-refractivity contribution in [1.29, 1.82) is 0 Å². The summed E-state index contributed by atoms with van der Waals surface area (Å²) in [6.45, 7) is 3.66. The molecular formula is C25H19F2N3O4Se. The van der Waals surface area contributed by atoms with Crippen LogP contribution in [0.4, 0.5) is 14.5 Å².